The minimum absolute atomic E-state index is 0.276. The van der Waals surface area contributed by atoms with Gasteiger partial charge in [-0.05, 0) is 12.8 Å². The summed E-state index contributed by atoms with van der Waals surface area (Å²) in [5.41, 5.74) is 5.39. The van der Waals surface area contributed by atoms with Gasteiger partial charge in [-0.15, -0.1) is 0 Å². The average Bonchev–Trinajstić information content (AvgIpc) is 2.42. The molecule has 0 unspecified atom stereocenters. The molecule has 0 bridgehead atoms. The van der Waals surface area contributed by atoms with Crippen molar-refractivity contribution in [3.8, 4) is 17.9 Å². The number of rotatable bonds is 2. The van der Waals surface area contributed by atoms with Gasteiger partial charge in [0.25, 0.3) is 0 Å². The molecular weight excluding hydrogens is 222 g/mol. The second kappa shape index (κ2) is 8.97. The van der Waals surface area contributed by atoms with Crippen LogP contribution >= 0.6 is 0 Å². The van der Waals surface area contributed by atoms with E-state index >= 15 is 0 Å². The predicted octanol–water partition coefficient (Wildman–Crippen LogP) is 2.24. The van der Waals surface area contributed by atoms with Crippen LogP contribution < -0.4 is 5.73 Å². The first kappa shape index (κ1) is 17.0. The van der Waals surface area contributed by atoms with Gasteiger partial charge in [0.05, 0.1) is 18.0 Å². The molecule has 1 fully saturated rings. The third kappa shape index (κ3) is 5.54. The van der Waals surface area contributed by atoms with Crippen molar-refractivity contribution >= 4 is 0 Å². The van der Waals surface area contributed by atoms with Gasteiger partial charge in [-0.2, -0.15) is 5.26 Å². The molecule has 102 valence electrons. The Hall–Kier alpha value is -1.03. The quantitative estimate of drug-likeness (QED) is 0.764. The van der Waals surface area contributed by atoms with Crippen LogP contribution in [0.15, 0.2) is 0 Å². The Bertz CT molecular complexity index is 309. The zero-order chi connectivity index (χ0) is 14.0. The Morgan fingerprint density at radius 1 is 1.28 bits per heavy atom. The molecular formula is C15H27N3. The molecule has 0 radical (unpaired) electrons. The van der Waals surface area contributed by atoms with E-state index in [1.165, 1.54) is 0 Å². The summed E-state index contributed by atoms with van der Waals surface area (Å²) in [6.07, 6.45) is 1.76. The van der Waals surface area contributed by atoms with Crippen LogP contribution in [-0.4, -0.2) is 31.1 Å². The fourth-order valence-corrected chi connectivity index (χ4v) is 1.86. The summed E-state index contributed by atoms with van der Waals surface area (Å²) in [6.45, 7) is 11.4. The number of likely N-dealkylation sites (tertiary alicyclic amines) is 1. The summed E-state index contributed by atoms with van der Waals surface area (Å²) in [7, 11) is 0. The van der Waals surface area contributed by atoms with Crippen LogP contribution in [0.1, 0.15) is 40.5 Å². The molecule has 1 rings (SSSR count). The van der Waals surface area contributed by atoms with Gasteiger partial charge in [-0.1, -0.05) is 39.5 Å². The number of nitriles is 1. The summed E-state index contributed by atoms with van der Waals surface area (Å²) in [5.74, 6) is 6.78. The van der Waals surface area contributed by atoms with Gasteiger partial charge in [0.15, 0.2) is 0 Å². The van der Waals surface area contributed by atoms with Crippen LogP contribution in [0.25, 0.3) is 0 Å². The molecule has 1 heterocycles. The van der Waals surface area contributed by atoms with Gasteiger partial charge < -0.3 is 5.73 Å². The van der Waals surface area contributed by atoms with Crippen molar-refractivity contribution < 1.29 is 0 Å². The Labute approximate surface area is 112 Å². The van der Waals surface area contributed by atoms with E-state index in [0.29, 0.717) is 12.5 Å². The fraction of sp³-hybridized carbons (Fsp3) is 0.800. The zero-order valence-corrected chi connectivity index (χ0v) is 12.3. The van der Waals surface area contributed by atoms with Crippen molar-refractivity contribution in [3.63, 3.8) is 0 Å². The van der Waals surface area contributed by atoms with Crippen LogP contribution in [-0.2, 0) is 0 Å². The maximum atomic E-state index is 9.10. The highest BCUT2D eigenvalue weighted by atomic mass is 15.1. The average molecular weight is 249 g/mol. The molecule has 0 saturated carbocycles. The first-order valence-corrected chi connectivity index (χ1v) is 6.94. The molecule has 0 aliphatic carbocycles. The summed E-state index contributed by atoms with van der Waals surface area (Å²) in [4.78, 5) is 2.31. The summed E-state index contributed by atoms with van der Waals surface area (Å²) in [5, 5.41) is 9.10. The van der Waals surface area contributed by atoms with Crippen LogP contribution in [0.3, 0.4) is 0 Å². The highest BCUT2D eigenvalue weighted by molar-refractivity contribution is 5.06. The monoisotopic (exact) mass is 249 g/mol. The molecule has 0 aromatic rings. The summed E-state index contributed by atoms with van der Waals surface area (Å²) in [6, 6.07) is 2.37. The molecule has 2 N–H and O–H groups in total. The molecule has 3 heteroatoms. The maximum Gasteiger partial charge on any atom is 0.0720 e. The third-order valence-electron chi connectivity index (χ3n) is 3.13. The number of nitrogens with zero attached hydrogens (tertiary/aromatic N) is 2. The smallest absolute Gasteiger partial charge is 0.0720 e. The first-order valence-electron chi connectivity index (χ1n) is 6.94. The molecule has 0 amide bonds. The minimum Gasteiger partial charge on any atom is -0.329 e. The van der Waals surface area contributed by atoms with Crippen molar-refractivity contribution in [2.45, 2.75) is 40.5 Å². The highest BCUT2D eigenvalue weighted by Crippen LogP contribution is 2.28. The Kier molecular flexibility index (Phi) is 8.46. The zero-order valence-electron chi connectivity index (χ0n) is 12.3. The molecule has 1 aliphatic rings. The number of nitrogens with two attached hydrogens (primary N) is 1. The number of piperidine rings is 1. The standard InChI is InChI=1S/C13H21N3.C2H6/c1-12(2)4-3-7-16-8-5-13(10-14,11-15)6-9-16;1-2/h12H,5-10,14H2,1-2H3;1-2H3. The molecule has 0 aromatic heterocycles. The van der Waals surface area contributed by atoms with Crippen molar-refractivity contribution in [3.05, 3.63) is 0 Å². The van der Waals surface area contributed by atoms with Gasteiger partial charge in [0, 0.05) is 25.6 Å². The molecule has 0 atom stereocenters. The second-order valence-electron chi connectivity index (χ2n) is 4.85. The van der Waals surface area contributed by atoms with E-state index in [4.69, 9.17) is 11.0 Å². The van der Waals surface area contributed by atoms with Crippen molar-refractivity contribution in [2.75, 3.05) is 26.2 Å². The number of hydrogen-bond acceptors (Lipinski definition) is 3. The molecule has 1 aliphatic heterocycles. The lowest BCUT2D eigenvalue weighted by Gasteiger charge is -2.35. The minimum atomic E-state index is -0.276. The van der Waals surface area contributed by atoms with E-state index in [1.807, 2.05) is 13.8 Å². The second-order valence-corrected chi connectivity index (χ2v) is 4.85. The van der Waals surface area contributed by atoms with Crippen LogP contribution in [0.5, 0.6) is 0 Å². The van der Waals surface area contributed by atoms with Gasteiger partial charge in [-0.25, -0.2) is 0 Å². The Balaban J connectivity index is 0.00000137. The van der Waals surface area contributed by atoms with E-state index in [0.717, 1.165) is 32.5 Å². The fourth-order valence-electron chi connectivity index (χ4n) is 1.86. The Morgan fingerprint density at radius 3 is 2.22 bits per heavy atom. The van der Waals surface area contributed by atoms with Gasteiger partial charge in [-0.3, -0.25) is 4.90 Å². The molecule has 0 spiro atoms. The largest absolute Gasteiger partial charge is 0.329 e. The maximum absolute atomic E-state index is 9.10. The first-order chi connectivity index (χ1) is 8.62. The van der Waals surface area contributed by atoms with E-state index < -0.39 is 0 Å². The van der Waals surface area contributed by atoms with Gasteiger partial charge in [0.1, 0.15) is 0 Å². The lowest BCUT2D eigenvalue weighted by Crippen LogP contribution is -2.43. The topological polar surface area (TPSA) is 53.0 Å². The van der Waals surface area contributed by atoms with E-state index in [-0.39, 0.29) is 5.41 Å². The van der Waals surface area contributed by atoms with Crippen molar-refractivity contribution in [1.29, 1.82) is 5.26 Å². The van der Waals surface area contributed by atoms with E-state index in [9.17, 15) is 0 Å². The van der Waals surface area contributed by atoms with Crippen molar-refractivity contribution in [2.24, 2.45) is 17.1 Å². The Morgan fingerprint density at radius 2 is 1.83 bits per heavy atom. The third-order valence-corrected chi connectivity index (χ3v) is 3.13. The molecule has 1 saturated heterocycles. The summed E-state index contributed by atoms with van der Waals surface area (Å²) >= 11 is 0. The van der Waals surface area contributed by atoms with E-state index in [2.05, 4.69) is 36.7 Å². The van der Waals surface area contributed by atoms with Crippen molar-refractivity contribution in [1.82, 2.24) is 4.90 Å². The number of hydrogen-bond donors (Lipinski definition) is 1. The lowest BCUT2D eigenvalue weighted by atomic mass is 9.80. The van der Waals surface area contributed by atoms with Crippen LogP contribution in [0.4, 0.5) is 0 Å². The predicted molar refractivity (Wildman–Crippen MR) is 76.7 cm³/mol. The molecule has 3 nitrogen and oxygen atoms in total. The SMILES string of the molecule is CC.CC(C)C#CCN1CCC(C#N)(CN)CC1. The lowest BCUT2D eigenvalue weighted by molar-refractivity contribution is 0.164. The van der Waals surface area contributed by atoms with E-state index in [1.54, 1.807) is 0 Å². The highest BCUT2D eigenvalue weighted by Gasteiger charge is 2.32. The van der Waals surface area contributed by atoms with Crippen LogP contribution in [0.2, 0.25) is 0 Å². The normalized spacial score (nSPS) is 18.1. The van der Waals surface area contributed by atoms with Gasteiger partial charge in [0.2, 0.25) is 0 Å². The van der Waals surface area contributed by atoms with Crippen LogP contribution in [0, 0.1) is 34.5 Å². The summed E-state index contributed by atoms with van der Waals surface area (Å²) < 4.78 is 0. The molecule has 0 aromatic carbocycles. The van der Waals surface area contributed by atoms with Gasteiger partial charge >= 0.3 is 0 Å². The molecule has 18 heavy (non-hydrogen) atoms.